The van der Waals surface area contributed by atoms with Crippen LogP contribution in [0.25, 0.3) is 98.4 Å². The summed E-state index contributed by atoms with van der Waals surface area (Å²) in [6.07, 6.45) is 0. The number of rotatable bonds is 3. The third kappa shape index (κ3) is 4.03. The molecule has 0 aliphatic heterocycles. The van der Waals surface area contributed by atoms with Crippen LogP contribution in [0.5, 0.6) is 0 Å². The van der Waals surface area contributed by atoms with Gasteiger partial charge in [-0.05, 0) is 107 Å². The zero-order chi connectivity index (χ0) is 55.3. The van der Waals surface area contributed by atoms with E-state index in [0.717, 1.165) is 0 Å². The van der Waals surface area contributed by atoms with E-state index in [9.17, 15) is 13.7 Å². The van der Waals surface area contributed by atoms with Gasteiger partial charge in [0.2, 0.25) is 0 Å². The SMILES string of the molecule is [2H]c1c([2H])c(-c2c([2H])c([2H])c3c([2H])c([2H])c([2H])c([2H])c3c2[2H])c([2H])c(-c2c3c([2H])c([2H])c([2H])c([2H])c3c(-c3c([2H])c([2H])c([2H])c4oc5c([2H])c6c([2H])c([2H])c([2H])c([2H])c6c([2H])c5c34)c3c([2H])c([2H])c([2H])c([2H])c23)c1[2H]. The average molecular weight is 625 g/mol. The maximum Gasteiger partial charge on any atom is 0.136 e. The van der Waals surface area contributed by atoms with Crippen molar-refractivity contribution in [2.75, 3.05) is 0 Å². The second kappa shape index (κ2) is 10.2. The van der Waals surface area contributed by atoms with Crippen LogP contribution in [0.1, 0.15) is 38.4 Å². The molecule has 0 radical (unpaired) electrons. The van der Waals surface area contributed by atoms with Gasteiger partial charge in [0.15, 0.2) is 0 Å². The Kier molecular flexibility index (Phi) is 2.31. The summed E-state index contributed by atoms with van der Waals surface area (Å²) >= 11 is 0. The van der Waals surface area contributed by atoms with Gasteiger partial charge in [0.05, 0.1) is 38.4 Å². The molecule has 1 heteroatoms. The lowest BCUT2D eigenvalue weighted by Crippen LogP contribution is -1.91. The highest BCUT2D eigenvalue weighted by molar-refractivity contribution is 6.26. The summed E-state index contributed by atoms with van der Waals surface area (Å²) in [5, 5.41) is -6.34. The Labute approximate surface area is 311 Å². The zero-order valence-corrected chi connectivity index (χ0v) is 23.4. The van der Waals surface area contributed by atoms with Gasteiger partial charge in [0, 0.05) is 10.8 Å². The lowest BCUT2D eigenvalue weighted by Gasteiger charge is -2.18. The van der Waals surface area contributed by atoms with Gasteiger partial charge in [-0.2, -0.15) is 0 Å². The lowest BCUT2D eigenvalue weighted by atomic mass is 9.84. The molecule has 0 bridgehead atoms. The Morgan fingerprint density at radius 1 is 0.340 bits per heavy atom. The molecule has 0 aliphatic rings. The second-order valence-corrected chi connectivity index (χ2v) is 10.3. The molecular formula is C46H28O. The molecule has 218 valence electrons. The number of hydrogen-bond donors (Lipinski definition) is 0. The molecular weight excluding hydrogens is 569 g/mol. The molecule has 0 atom stereocenters. The van der Waals surface area contributed by atoms with E-state index in [2.05, 4.69) is 0 Å². The molecule has 10 rings (SSSR count). The van der Waals surface area contributed by atoms with Crippen LogP contribution in [0.2, 0.25) is 0 Å². The summed E-state index contributed by atoms with van der Waals surface area (Å²) in [7, 11) is 0. The highest BCUT2D eigenvalue weighted by atomic mass is 16.3. The van der Waals surface area contributed by atoms with E-state index in [0.29, 0.717) is 0 Å². The van der Waals surface area contributed by atoms with Crippen LogP contribution in [-0.4, -0.2) is 0 Å². The first-order valence-corrected chi connectivity index (χ1v) is 13.9. The van der Waals surface area contributed by atoms with Crippen LogP contribution in [0, 0.1) is 0 Å². The molecule has 1 heterocycles. The van der Waals surface area contributed by atoms with Crippen molar-refractivity contribution in [2.45, 2.75) is 0 Å². The molecule has 47 heavy (non-hydrogen) atoms. The highest BCUT2D eigenvalue weighted by Gasteiger charge is 2.20. The van der Waals surface area contributed by atoms with E-state index in [-0.39, 0.29) is 0 Å². The zero-order valence-electron chi connectivity index (χ0n) is 51.4. The molecule has 0 aliphatic carbocycles. The first-order chi connectivity index (χ1) is 35.0. The van der Waals surface area contributed by atoms with Crippen molar-refractivity contribution in [3.8, 4) is 33.4 Å². The van der Waals surface area contributed by atoms with Gasteiger partial charge in [-0.1, -0.05) is 139 Å². The summed E-state index contributed by atoms with van der Waals surface area (Å²) < 4.78 is 259. The van der Waals surface area contributed by atoms with Gasteiger partial charge in [-0.25, -0.2) is 0 Å². The first-order valence-electron chi connectivity index (χ1n) is 27.9. The van der Waals surface area contributed by atoms with Crippen LogP contribution in [-0.2, 0) is 0 Å². The molecule has 0 spiro atoms. The molecule has 1 aromatic heterocycles. The number of furan rings is 1. The number of hydrogen-bond acceptors (Lipinski definition) is 1. The van der Waals surface area contributed by atoms with Crippen LogP contribution < -0.4 is 0 Å². The van der Waals surface area contributed by atoms with Crippen molar-refractivity contribution in [1.29, 1.82) is 0 Å². The molecule has 0 N–H and O–H groups in total. The minimum atomic E-state index is -1.09. The van der Waals surface area contributed by atoms with Crippen molar-refractivity contribution in [1.82, 2.24) is 0 Å². The first kappa shape index (κ1) is 10.7. The van der Waals surface area contributed by atoms with Crippen molar-refractivity contribution in [3.05, 3.63) is 169 Å². The van der Waals surface area contributed by atoms with Crippen molar-refractivity contribution >= 4 is 65.0 Å². The summed E-state index contributed by atoms with van der Waals surface area (Å²) in [5.74, 6) is 0. The molecule has 0 amide bonds. The fraction of sp³-hybridized carbons (Fsp3) is 0. The van der Waals surface area contributed by atoms with E-state index in [1.807, 2.05) is 0 Å². The quantitative estimate of drug-likeness (QED) is 0.178. The number of fused-ring (bicyclic) bond motifs is 7. The minimum absolute atomic E-state index is 0.488. The third-order valence-corrected chi connectivity index (χ3v) is 7.70. The van der Waals surface area contributed by atoms with Crippen molar-refractivity contribution in [3.63, 3.8) is 0 Å². The van der Waals surface area contributed by atoms with Gasteiger partial charge in [0.1, 0.15) is 11.2 Å². The fourth-order valence-corrected chi connectivity index (χ4v) is 5.73. The Hall–Kier alpha value is -6.18. The van der Waals surface area contributed by atoms with Crippen molar-refractivity contribution in [2.24, 2.45) is 0 Å². The van der Waals surface area contributed by atoms with Crippen LogP contribution in [0.3, 0.4) is 0 Å². The van der Waals surface area contributed by atoms with Gasteiger partial charge in [0.25, 0.3) is 0 Å². The summed E-state index contributed by atoms with van der Waals surface area (Å²) in [6.45, 7) is 0. The molecule has 9 aromatic carbocycles. The monoisotopic (exact) mass is 624 g/mol. The van der Waals surface area contributed by atoms with E-state index in [1.54, 1.807) is 0 Å². The van der Waals surface area contributed by atoms with Gasteiger partial charge < -0.3 is 4.42 Å². The Bertz CT molecular complexity index is 4360. The predicted octanol–water partition coefficient (Wildman–Crippen LogP) is 13.2. The van der Waals surface area contributed by atoms with Gasteiger partial charge in [-0.3, -0.25) is 0 Å². The highest BCUT2D eigenvalue weighted by Crippen LogP contribution is 2.47. The molecule has 10 aromatic rings. The smallest absolute Gasteiger partial charge is 0.136 e. The van der Waals surface area contributed by atoms with Crippen LogP contribution in [0.15, 0.2) is 174 Å². The normalized spacial score (nSPS) is 20.2. The molecule has 0 unspecified atom stereocenters. The molecule has 0 saturated heterocycles. The van der Waals surface area contributed by atoms with Gasteiger partial charge in [-0.15, -0.1) is 0 Å². The van der Waals surface area contributed by atoms with E-state index in [4.69, 9.17) is 29.1 Å². The summed E-state index contributed by atoms with van der Waals surface area (Å²) in [6, 6.07) is -26.0. The molecule has 1 nitrogen and oxygen atoms in total. The lowest BCUT2D eigenvalue weighted by molar-refractivity contribution is 0.669. The molecule has 0 saturated carbocycles. The van der Waals surface area contributed by atoms with E-state index in [1.165, 1.54) is 0 Å². The Balaban J connectivity index is 1.52. The Morgan fingerprint density at radius 3 is 1.62 bits per heavy atom. The second-order valence-electron chi connectivity index (χ2n) is 10.3. The van der Waals surface area contributed by atoms with E-state index < -0.39 is 268 Å². The van der Waals surface area contributed by atoms with Gasteiger partial charge >= 0.3 is 0 Å². The van der Waals surface area contributed by atoms with E-state index >= 15 is 0 Å². The maximum atomic E-state index is 9.82. The number of benzene rings is 9. The predicted molar refractivity (Wildman–Crippen MR) is 200 cm³/mol. The molecule has 0 fully saturated rings. The van der Waals surface area contributed by atoms with Crippen molar-refractivity contribution < 1.29 is 42.8 Å². The average Bonchev–Trinajstić information content (AvgIpc) is 3.78. The maximum absolute atomic E-state index is 9.82. The summed E-state index contributed by atoms with van der Waals surface area (Å²) in [5.41, 5.74) is -6.06. The minimum Gasteiger partial charge on any atom is -0.456 e. The topological polar surface area (TPSA) is 13.1 Å². The summed E-state index contributed by atoms with van der Waals surface area (Å²) in [4.78, 5) is 0. The largest absolute Gasteiger partial charge is 0.456 e. The third-order valence-electron chi connectivity index (χ3n) is 7.70. The standard InChI is InChI=1S/C46H28O/c1-2-12-30-25-34(24-23-29(30)11-1)31-15-9-16-35(26-31)44-36-17-5-7-19-38(36)45(39-20-8-6-18-37(39)44)40-21-10-22-42-46(40)41-27-32-13-3-4-14-33(32)28-43(41)47-42/h1-28H/i1D,2D,3D,4D,5D,6D,7D,8D,9D,10D,11D,12D,13D,14D,15D,16D,17D,18D,19D,20D,21D,22D,23D,24D,25D,26D,27D,28D. The fourth-order valence-electron chi connectivity index (χ4n) is 5.73. The van der Waals surface area contributed by atoms with Crippen LogP contribution in [0.4, 0.5) is 0 Å². The Morgan fingerprint density at radius 2 is 0.894 bits per heavy atom. The van der Waals surface area contributed by atoms with Crippen LogP contribution >= 0.6 is 0 Å².